The van der Waals surface area contributed by atoms with Crippen LogP contribution >= 0.6 is 23.8 Å². The smallest absolute Gasteiger partial charge is 0.171 e. The molecular weight excluding hydrogens is 276 g/mol. The topological polar surface area (TPSA) is 24.1 Å². The minimum atomic E-state index is -0.392. The molecule has 102 valence electrons. The zero-order valence-electron chi connectivity index (χ0n) is 11.5. The number of thiocarbonyl (C=S) groups is 1. The Bertz CT molecular complexity index is 501. The molecule has 2 N–H and O–H groups in total. The Morgan fingerprint density at radius 2 is 2.05 bits per heavy atom. The normalized spacial score (nSPS) is 10.7. The van der Waals surface area contributed by atoms with Crippen molar-refractivity contribution in [2.24, 2.45) is 0 Å². The summed E-state index contributed by atoms with van der Waals surface area (Å²) >= 11 is 11.3. The van der Waals surface area contributed by atoms with Crippen LogP contribution in [-0.2, 0) is 0 Å². The SMILES string of the molecule is C#CC(CC)(CC)NC(=S)Nc1cc(Cl)ccc1C. The van der Waals surface area contributed by atoms with Crippen molar-refractivity contribution < 1.29 is 0 Å². The third-order valence-corrected chi connectivity index (χ3v) is 3.72. The first-order valence-corrected chi connectivity index (χ1v) is 7.08. The average molecular weight is 295 g/mol. The summed E-state index contributed by atoms with van der Waals surface area (Å²) in [7, 11) is 0. The summed E-state index contributed by atoms with van der Waals surface area (Å²) in [4.78, 5) is 0. The van der Waals surface area contributed by atoms with Crippen molar-refractivity contribution in [2.45, 2.75) is 39.2 Å². The molecule has 0 amide bonds. The molecule has 19 heavy (non-hydrogen) atoms. The number of terminal acetylenes is 1. The second-order valence-corrected chi connectivity index (χ2v) is 5.32. The largest absolute Gasteiger partial charge is 0.346 e. The Balaban J connectivity index is 2.81. The molecule has 0 saturated carbocycles. The van der Waals surface area contributed by atoms with E-state index in [-0.39, 0.29) is 0 Å². The fourth-order valence-electron chi connectivity index (χ4n) is 1.77. The fraction of sp³-hybridized carbons (Fsp3) is 0.400. The monoisotopic (exact) mass is 294 g/mol. The zero-order chi connectivity index (χ0) is 14.5. The molecule has 0 unspecified atom stereocenters. The Hall–Kier alpha value is -1.24. The summed E-state index contributed by atoms with van der Waals surface area (Å²) in [5.74, 6) is 2.79. The van der Waals surface area contributed by atoms with Gasteiger partial charge in [0.25, 0.3) is 0 Å². The maximum absolute atomic E-state index is 5.98. The summed E-state index contributed by atoms with van der Waals surface area (Å²) in [5.41, 5.74) is 1.58. The van der Waals surface area contributed by atoms with Crippen molar-refractivity contribution in [3.63, 3.8) is 0 Å². The molecule has 0 heterocycles. The highest BCUT2D eigenvalue weighted by atomic mass is 35.5. The van der Waals surface area contributed by atoms with Gasteiger partial charge in [0.1, 0.15) is 0 Å². The quantitative estimate of drug-likeness (QED) is 0.645. The number of hydrogen-bond donors (Lipinski definition) is 2. The van der Waals surface area contributed by atoms with Gasteiger partial charge in [-0.1, -0.05) is 37.4 Å². The molecule has 0 aromatic heterocycles. The third kappa shape index (κ3) is 4.12. The summed E-state index contributed by atoms with van der Waals surface area (Å²) in [6.07, 6.45) is 7.24. The van der Waals surface area contributed by atoms with Crippen LogP contribution in [0.5, 0.6) is 0 Å². The van der Waals surface area contributed by atoms with E-state index in [1.807, 2.05) is 39.0 Å². The maximum atomic E-state index is 5.98. The van der Waals surface area contributed by atoms with Crippen LogP contribution in [0.2, 0.25) is 5.02 Å². The number of aryl methyl sites for hydroxylation is 1. The van der Waals surface area contributed by atoms with Crippen LogP contribution in [0.3, 0.4) is 0 Å². The fourth-order valence-corrected chi connectivity index (χ4v) is 2.24. The van der Waals surface area contributed by atoms with E-state index in [4.69, 9.17) is 30.2 Å². The van der Waals surface area contributed by atoms with Gasteiger partial charge in [-0.3, -0.25) is 0 Å². The van der Waals surface area contributed by atoms with Crippen molar-refractivity contribution in [3.8, 4) is 12.3 Å². The Labute approximate surface area is 125 Å². The molecule has 0 aliphatic heterocycles. The highest BCUT2D eigenvalue weighted by molar-refractivity contribution is 7.80. The van der Waals surface area contributed by atoms with Gasteiger partial charge in [0, 0.05) is 10.7 Å². The molecule has 0 fully saturated rings. The second kappa shape index (κ2) is 6.79. The predicted molar refractivity (Wildman–Crippen MR) is 87.7 cm³/mol. The van der Waals surface area contributed by atoms with Crippen LogP contribution in [0.4, 0.5) is 5.69 Å². The van der Waals surface area contributed by atoms with E-state index in [0.717, 1.165) is 24.1 Å². The first-order chi connectivity index (χ1) is 8.96. The van der Waals surface area contributed by atoms with Gasteiger partial charge < -0.3 is 10.6 Å². The lowest BCUT2D eigenvalue weighted by atomic mass is 9.94. The highest BCUT2D eigenvalue weighted by Gasteiger charge is 2.23. The van der Waals surface area contributed by atoms with E-state index in [9.17, 15) is 0 Å². The van der Waals surface area contributed by atoms with Crippen LogP contribution in [0.15, 0.2) is 18.2 Å². The van der Waals surface area contributed by atoms with E-state index in [0.29, 0.717) is 10.1 Å². The minimum absolute atomic E-state index is 0.392. The number of nitrogens with one attached hydrogen (secondary N) is 2. The first-order valence-electron chi connectivity index (χ1n) is 6.29. The molecule has 0 aliphatic carbocycles. The number of rotatable bonds is 4. The number of hydrogen-bond acceptors (Lipinski definition) is 1. The molecule has 0 saturated heterocycles. The molecule has 1 aromatic rings. The van der Waals surface area contributed by atoms with Crippen LogP contribution in [0, 0.1) is 19.3 Å². The van der Waals surface area contributed by atoms with Crippen molar-refractivity contribution in [1.29, 1.82) is 0 Å². The van der Waals surface area contributed by atoms with E-state index < -0.39 is 5.54 Å². The van der Waals surface area contributed by atoms with Crippen molar-refractivity contribution in [2.75, 3.05) is 5.32 Å². The van der Waals surface area contributed by atoms with Crippen LogP contribution in [0.25, 0.3) is 0 Å². The standard InChI is InChI=1S/C15H19ClN2S/c1-5-15(6-2,7-3)18-14(19)17-13-10-12(16)9-8-11(13)4/h1,8-10H,6-7H2,2-4H3,(H2,17,18,19). The Morgan fingerprint density at radius 3 is 2.58 bits per heavy atom. The van der Waals surface area contributed by atoms with E-state index >= 15 is 0 Å². The van der Waals surface area contributed by atoms with Gasteiger partial charge in [0.05, 0.1) is 5.54 Å². The summed E-state index contributed by atoms with van der Waals surface area (Å²) in [6, 6.07) is 5.64. The van der Waals surface area contributed by atoms with Crippen LogP contribution in [0.1, 0.15) is 32.3 Å². The molecule has 0 bridgehead atoms. The molecular formula is C15H19ClN2S. The summed E-state index contributed by atoms with van der Waals surface area (Å²) in [5, 5.41) is 7.56. The van der Waals surface area contributed by atoms with Gasteiger partial charge >= 0.3 is 0 Å². The maximum Gasteiger partial charge on any atom is 0.171 e. The van der Waals surface area contributed by atoms with E-state index in [2.05, 4.69) is 16.6 Å². The molecule has 0 atom stereocenters. The van der Waals surface area contributed by atoms with Gasteiger partial charge in [-0.15, -0.1) is 6.42 Å². The lowest BCUT2D eigenvalue weighted by Crippen LogP contribution is -2.48. The van der Waals surface area contributed by atoms with E-state index in [1.165, 1.54) is 0 Å². The van der Waals surface area contributed by atoms with Crippen molar-refractivity contribution >= 4 is 34.6 Å². The second-order valence-electron chi connectivity index (χ2n) is 4.47. The molecule has 0 radical (unpaired) electrons. The van der Waals surface area contributed by atoms with Crippen molar-refractivity contribution in [1.82, 2.24) is 5.32 Å². The summed E-state index contributed by atoms with van der Waals surface area (Å²) in [6.45, 7) is 6.09. The average Bonchev–Trinajstić information content (AvgIpc) is 2.40. The number of benzene rings is 1. The van der Waals surface area contributed by atoms with E-state index in [1.54, 1.807) is 0 Å². The van der Waals surface area contributed by atoms with Gasteiger partial charge in [-0.05, 0) is 49.7 Å². The lowest BCUT2D eigenvalue weighted by molar-refractivity contribution is 0.461. The highest BCUT2D eigenvalue weighted by Crippen LogP contribution is 2.21. The number of halogens is 1. The van der Waals surface area contributed by atoms with Crippen LogP contribution in [-0.4, -0.2) is 10.7 Å². The van der Waals surface area contributed by atoms with Crippen LogP contribution < -0.4 is 10.6 Å². The zero-order valence-corrected chi connectivity index (χ0v) is 13.1. The van der Waals surface area contributed by atoms with Gasteiger partial charge in [0.15, 0.2) is 5.11 Å². The third-order valence-electron chi connectivity index (χ3n) is 3.28. The molecule has 4 heteroatoms. The molecule has 0 aliphatic rings. The number of anilines is 1. The first kappa shape index (κ1) is 15.8. The van der Waals surface area contributed by atoms with Crippen molar-refractivity contribution in [3.05, 3.63) is 28.8 Å². The minimum Gasteiger partial charge on any atom is -0.346 e. The van der Waals surface area contributed by atoms with Gasteiger partial charge in [-0.2, -0.15) is 0 Å². The van der Waals surface area contributed by atoms with Gasteiger partial charge in [-0.25, -0.2) is 0 Å². The molecule has 1 aromatic carbocycles. The van der Waals surface area contributed by atoms with Gasteiger partial charge in [0.2, 0.25) is 0 Å². The Morgan fingerprint density at radius 1 is 1.42 bits per heavy atom. The molecule has 0 spiro atoms. The lowest BCUT2D eigenvalue weighted by Gasteiger charge is -2.29. The Kier molecular flexibility index (Phi) is 5.65. The predicted octanol–water partition coefficient (Wildman–Crippen LogP) is 4.13. The summed E-state index contributed by atoms with van der Waals surface area (Å²) < 4.78 is 0. The molecule has 2 nitrogen and oxygen atoms in total. The molecule has 1 rings (SSSR count).